The van der Waals surface area contributed by atoms with Crippen molar-refractivity contribution >= 4 is 44.0 Å². The molecule has 0 bridgehead atoms. The van der Waals surface area contributed by atoms with Crippen molar-refractivity contribution in [2.75, 3.05) is 74.8 Å². The number of rotatable bonds is 15. The van der Waals surface area contributed by atoms with Crippen LogP contribution >= 0.6 is 0 Å². The molecule has 3 aliphatic rings. The SMILES string of the molecule is CO[Si](OC)(OC)C1CC[N+]12C(=O)N(CCCC[Si](O)(CO)CO)C(=O)[N+]1(CCC1[Si](OC)(OC)OC)C2=O. The zero-order chi connectivity index (χ0) is 29.3. The Labute approximate surface area is 231 Å². The molecule has 39 heavy (non-hydrogen) atoms. The van der Waals surface area contributed by atoms with Crippen molar-refractivity contribution in [1.29, 1.82) is 0 Å². The Kier molecular flexibility index (Phi) is 10.1. The van der Waals surface area contributed by atoms with Crippen LogP contribution in [0.25, 0.3) is 0 Å². The van der Waals surface area contributed by atoms with E-state index in [0.29, 0.717) is 25.7 Å². The summed E-state index contributed by atoms with van der Waals surface area (Å²) in [6.45, 7) is 0.272. The van der Waals surface area contributed by atoms with Crippen molar-refractivity contribution in [3.8, 4) is 0 Å². The highest BCUT2D eigenvalue weighted by Crippen LogP contribution is 2.49. The number of hydrogen-bond acceptors (Lipinski definition) is 12. The zero-order valence-electron chi connectivity index (χ0n) is 23.6. The Morgan fingerprint density at radius 1 is 0.744 bits per heavy atom. The van der Waals surface area contributed by atoms with Gasteiger partial charge in [0, 0.05) is 49.2 Å². The molecule has 3 aliphatic heterocycles. The van der Waals surface area contributed by atoms with Crippen molar-refractivity contribution in [2.24, 2.45) is 0 Å². The van der Waals surface area contributed by atoms with Crippen LogP contribution in [0.1, 0.15) is 25.7 Å². The van der Waals surface area contributed by atoms with E-state index < -0.39 is 76.8 Å². The number of aliphatic hydroxyl groups excluding tert-OH is 2. The lowest BCUT2D eigenvalue weighted by atomic mass is 10.0. The quantitative estimate of drug-likeness (QED) is 0.123. The van der Waals surface area contributed by atoms with Crippen LogP contribution in [0.4, 0.5) is 14.4 Å². The molecule has 0 radical (unpaired) electrons. The molecule has 3 fully saturated rings. The molecule has 3 heterocycles. The zero-order valence-corrected chi connectivity index (χ0v) is 26.6. The maximum Gasteiger partial charge on any atom is 0.563 e. The van der Waals surface area contributed by atoms with Gasteiger partial charge in [-0.05, 0) is 12.5 Å². The molecule has 18 heteroatoms. The summed E-state index contributed by atoms with van der Waals surface area (Å²) in [6, 6.07) is -1.74. The number of unbranched alkanes of at least 4 members (excludes halogenated alkanes) is 1. The van der Waals surface area contributed by atoms with Crippen LogP contribution in [0.3, 0.4) is 0 Å². The Balaban J connectivity index is 2.06. The van der Waals surface area contributed by atoms with Gasteiger partial charge in [0.15, 0.2) is 11.3 Å². The first-order valence-corrected chi connectivity index (χ1v) is 19.1. The van der Waals surface area contributed by atoms with Crippen molar-refractivity contribution in [2.45, 2.75) is 43.1 Å². The molecule has 6 amide bonds. The second-order valence-electron chi connectivity index (χ2n) is 10.2. The van der Waals surface area contributed by atoms with E-state index in [4.69, 9.17) is 26.6 Å². The van der Waals surface area contributed by atoms with Gasteiger partial charge in [0.2, 0.25) is 8.32 Å². The number of urea groups is 3. The molecule has 3 saturated heterocycles. The largest absolute Gasteiger partial charge is 0.563 e. The third kappa shape index (κ3) is 4.63. The van der Waals surface area contributed by atoms with Crippen LogP contribution in [0.2, 0.25) is 6.04 Å². The summed E-state index contributed by atoms with van der Waals surface area (Å²) in [5.41, 5.74) is -1.51. The maximum absolute atomic E-state index is 14.6. The van der Waals surface area contributed by atoms with E-state index in [9.17, 15) is 29.4 Å². The highest BCUT2D eigenvalue weighted by atomic mass is 28.4. The molecular formula is C21H43N3O12Si3+2. The number of carbonyl (C=O) groups is 3. The van der Waals surface area contributed by atoms with E-state index in [0.717, 1.165) is 4.90 Å². The minimum atomic E-state index is -3.53. The summed E-state index contributed by atoms with van der Waals surface area (Å²) in [6.07, 6.45) is 0.523. The first-order valence-electron chi connectivity index (χ1n) is 12.9. The van der Waals surface area contributed by atoms with Gasteiger partial charge in [-0.3, -0.25) is 0 Å². The molecule has 224 valence electrons. The van der Waals surface area contributed by atoms with E-state index >= 15 is 0 Å². The van der Waals surface area contributed by atoms with Crippen molar-refractivity contribution in [1.82, 2.24) is 4.90 Å². The molecule has 0 aromatic rings. The standard InChI is InChI=1S/C21H43N3O12Si3/c1-31-38(32-2,33-3)17-9-12-23(17)19(27)22(11-7-8-14-37(30,15-25)16-26)20(28)24(21(23)29)13-10-18(24)39(34-4,35-5)36-6/h17-18,25-26,30H,7-16H2,1-6H3/q+2. The second kappa shape index (κ2) is 12.1. The van der Waals surface area contributed by atoms with Crippen LogP contribution in [0, 0.1) is 0 Å². The van der Waals surface area contributed by atoms with Gasteiger partial charge in [-0.1, -0.05) is 6.42 Å². The normalized spacial score (nSPS) is 29.8. The fourth-order valence-corrected chi connectivity index (χ4v) is 13.0. The molecule has 15 nitrogen and oxygen atoms in total. The first kappa shape index (κ1) is 32.5. The van der Waals surface area contributed by atoms with Gasteiger partial charge < -0.3 is 41.6 Å². The number of hydrogen-bond donors (Lipinski definition) is 3. The maximum atomic E-state index is 14.6. The van der Waals surface area contributed by atoms with Crippen molar-refractivity contribution < 1.29 is 64.9 Å². The summed E-state index contributed by atoms with van der Waals surface area (Å²) in [7, 11) is -1.77. The minimum absolute atomic E-state index is 0.0191. The van der Waals surface area contributed by atoms with E-state index in [1.54, 1.807) is 0 Å². The lowest BCUT2D eigenvalue weighted by Crippen LogP contribution is -2.94. The monoisotopic (exact) mass is 613 g/mol. The predicted octanol–water partition coefficient (Wildman–Crippen LogP) is -0.544. The highest BCUT2D eigenvalue weighted by Gasteiger charge is 2.86. The van der Waals surface area contributed by atoms with Gasteiger partial charge in [-0.2, -0.15) is 9.69 Å². The Hall–Kier alpha value is -0.979. The molecule has 3 N–H and O–H groups in total. The summed E-state index contributed by atoms with van der Waals surface area (Å²) >= 11 is 0. The van der Waals surface area contributed by atoms with Crippen LogP contribution in [-0.4, -0.2) is 159 Å². The van der Waals surface area contributed by atoms with Crippen LogP contribution in [-0.2, 0) is 26.6 Å². The summed E-state index contributed by atoms with van der Waals surface area (Å²) in [4.78, 5) is 54.3. The van der Waals surface area contributed by atoms with Crippen LogP contribution in [0.15, 0.2) is 0 Å². The lowest BCUT2D eigenvalue weighted by molar-refractivity contribution is -0.964. The molecule has 0 aromatic heterocycles. The number of nitrogens with zero attached hydrogens (tertiary/aromatic N) is 3. The molecule has 0 aromatic carbocycles. The Morgan fingerprint density at radius 3 is 1.41 bits per heavy atom. The Morgan fingerprint density at radius 2 is 1.13 bits per heavy atom. The fraction of sp³-hybridized carbons (Fsp3) is 0.857. The summed E-state index contributed by atoms with van der Waals surface area (Å²) in [5.74, 6) is 0. The second-order valence-corrected chi connectivity index (χ2v) is 20.0. The number of quaternary nitrogens is 2. The van der Waals surface area contributed by atoms with Crippen molar-refractivity contribution in [3.63, 3.8) is 0 Å². The lowest BCUT2D eigenvalue weighted by Gasteiger charge is -2.59. The molecule has 0 aliphatic carbocycles. The summed E-state index contributed by atoms with van der Waals surface area (Å²) < 4.78 is 32.8. The average Bonchev–Trinajstić information content (AvgIpc) is 2.93. The van der Waals surface area contributed by atoms with Crippen molar-refractivity contribution in [3.05, 3.63) is 0 Å². The Bertz CT molecular complexity index is 861. The van der Waals surface area contributed by atoms with Gasteiger partial charge in [-0.25, -0.2) is 9.59 Å². The van der Waals surface area contributed by atoms with Gasteiger partial charge in [0.05, 0.1) is 25.3 Å². The van der Waals surface area contributed by atoms with Gasteiger partial charge in [0.25, 0.3) is 0 Å². The van der Waals surface area contributed by atoms with Crippen LogP contribution in [0.5, 0.6) is 0 Å². The van der Waals surface area contributed by atoms with E-state index in [-0.39, 0.29) is 25.7 Å². The molecule has 4 unspecified atom stereocenters. The molecule has 4 atom stereocenters. The van der Waals surface area contributed by atoms with E-state index in [1.807, 2.05) is 0 Å². The predicted molar refractivity (Wildman–Crippen MR) is 140 cm³/mol. The third-order valence-electron chi connectivity index (χ3n) is 8.79. The van der Waals surface area contributed by atoms with Gasteiger partial charge in [0.1, 0.15) is 13.1 Å². The highest BCUT2D eigenvalue weighted by molar-refractivity contribution is 6.72. The molecule has 3 rings (SSSR count). The summed E-state index contributed by atoms with van der Waals surface area (Å²) in [5, 5.41) is 18.9. The smallest absolute Gasteiger partial charge is 0.428 e. The number of carbonyl (C=O) groups excluding carboxylic acids is 3. The first-order chi connectivity index (χ1) is 18.5. The van der Waals surface area contributed by atoms with Gasteiger partial charge >= 0.3 is 35.7 Å². The number of amides is 6. The molecule has 0 saturated carbocycles. The van der Waals surface area contributed by atoms with E-state index in [2.05, 4.69) is 0 Å². The van der Waals surface area contributed by atoms with Crippen LogP contribution < -0.4 is 0 Å². The molecular weight excluding hydrogens is 570 g/mol. The number of imide groups is 3. The number of aliphatic hydroxyl groups is 2. The fourth-order valence-electron chi connectivity index (χ4n) is 6.28. The average molecular weight is 614 g/mol. The topological polar surface area (TPSA) is 171 Å². The molecule has 2 spiro atoms. The third-order valence-corrected chi connectivity index (χ3v) is 17.8. The van der Waals surface area contributed by atoms with E-state index in [1.165, 1.54) is 42.7 Å². The minimum Gasteiger partial charge on any atom is -0.428 e. The van der Waals surface area contributed by atoms with Gasteiger partial charge in [-0.15, -0.1) is 8.97 Å².